The summed E-state index contributed by atoms with van der Waals surface area (Å²) in [6, 6.07) is 4.01. The van der Waals surface area contributed by atoms with Crippen LogP contribution in [0.2, 0.25) is 0 Å². The van der Waals surface area contributed by atoms with Gasteiger partial charge in [-0.3, -0.25) is 28.9 Å². The number of hydrogen-bond donors (Lipinski definition) is 1. The van der Waals surface area contributed by atoms with Crippen LogP contribution in [0.4, 0.5) is 17.1 Å². The summed E-state index contributed by atoms with van der Waals surface area (Å²) < 4.78 is 0. The number of carbonyl (C=O) groups is 5. The monoisotopic (exact) mass is 365 g/mol. The van der Waals surface area contributed by atoms with Crippen LogP contribution in [0.1, 0.15) is 0 Å². The van der Waals surface area contributed by atoms with Crippen molar-refractivity contribution in [3.05, 3.63) is 54.7 Å². The number of aliphatic hydroxyl groups is 1. The summed E-state index contributed by atoms with van der Waals surface area (Å²) in [7, 11) is 0. The van der Waals surface area contributed by atoms with Crippen molar-refractivity contribution in [2.75, 3.05) is 14.7 Å². The van der Waals surface area contributed by atoms with Crippen LogP contribution in [-0.4, -0.2) is 40.9 Å². The first-order valence-corrected chi connectivity index (χ1v) is 7.83. The van der Waals surface area contributed by atoms with Crippen LogP contribution in [0.3, 0.4) is 0 Å². The second-order valence-corrected chi connectivity index (χ2v) is 5.88. The maximum absolute atomic E-state index is 12.1. The van der Waals surface area contributed by atoms with Gasteiger partial charge in [0.25, 0.3) is 29.5 Å². The average molecular weight is 365 g/mol. The Labute approximate surface area is 152 Å². The van der Waals surface area contributed by atoms with Crippen LogP contribution in [0.25, 0.3) is 0 Å². The molecule has 1 N–H and O–H groups in total. The standard InChI is InChI=1S/C18H11N3O6/c22-13-1-2-14(23)19(13)10-7-11(20-15(24)3-4-16(20)25)9-12(8-10)21-17(26)5-6-18(21)27/h1-9,13,22H. The van der Waals surface area contributed by atoms with E-state index in [0.717, 1.165) is 39.0 Å². The van der Waals surface area contributed by atoms with Gasteiger partial charge in [-0.05, 0) is 24.3 Å². The fraction of sp³-hybridized carbons (Fsp3) is 0.0556. The molecule has 0 bridgehead atoms. The molecule has 1 aromatic carbocycles. The van der Waals surface area contributed by atoms with Gasteiger partial charge in [-0.15, -0.1) is 0 Å². The number of benzene rings is 1. The molecule has 1 aromatic rings. The van der Waals surface area contributed by atoms with Gasteiger partial charge in [-0.1, -0.05) is 0 Å². The Morgan fingerprint density at radius 2 is 1.00 bits per heavy atom. The molecule has 0 spiro atoms. The average Bonchev–Trinajstić information content (AvgIpc) is 3.25. The Balaban J connectivity index is 1.86. The van der Waals surface area contributed by atoms with E-state index in [-0.39, 0.29) is 17.1 Å². The third kappa shape index (κ3) is 2.57. The van der Waals surface area contributed by atoms with Crippen molar-refractivity contribution in [3.63, 3.8) is 0 Å². The van der Waals surface area contributed by atoms with Gasteiger partial charge in [0, 0.05) is 30.4 Å². The molecule has 0 radical (unpaired) electrons. The van der Waals surface area contributed by atoms with Gasteiger partial charge in [-0.2, -0.15) is 0 Å². The fourth-order valence-corrected chi connectivity index (χ4v) is 3.03. The van der Waals surface area contributed by atoms with E-state index in [1.54, 1.807) is 0 Å². The smallest absolute Gasteiger partial charge is 0.258 e. The Hall–Kier alpha value is -3.85. The van der Waals surface area contributed by atoms with Crippen molar-refractivity contribution in [2.24, 2.45) is 0 Å². The van der Waals surface area contributed by atoms with Crippen molar-refractivity contribution in [1.29, 1.82) is 0 Å². The van der Waals surface area contributed by atoms with Crippen molar-refractivity contribution in [2.45, 2.75) is 6.23 Å². The van der Waals surface area contributed by atoms with Crippen LogP contribution < -0.4 is 14.7 Å². The predicted molar refractivity (Wildman–Crippen MR) is 92.3 cm³/mol. The lowest BCUT2D eigenvalue weighted by atomic mass is 10.2. The highest BCUT2D eigenvalue weighted by atomic mass is 16.3. The van der Waals surface area contributed by atoms with E-state index in [1.807, 2.05) is 0 Å². The number of nitrogens with zero attached hydrogens (tertiary/aromatic N) is 3. The SMILES string of the molecule is O=C1C=CC(=O)N1c1cc(N2C(=O)C=CC2=O)cc(N2C(=O)C=CC2O)c1. The molecular formula is C18H11N3O6. The number of aliphatic hydroxyl groups excluding tert-OH is 1. The molecule has 0 aliphatic carbocycles. The molecule has 0 saturated heterocycles. The molecule has 1 atom stereocenters. The van der Waals surface area contributed by atoms with Gasteiger partial charge < -0.3 is 5.11 Å². The molecule has 1 unspecified atom stereocenters. The van der Waals surface area contributed by atoms with Crippen LogP contribution in [0.15, 0.2) is 54.7 Å². The zero-order chi connectivity index (χ0) is 19.3. The topological polar surface area (TPSA) is 115 Å². The minimum Gasteiger partial charge on any atom is -0.369 e. The number of hydrogen-bond acceptors (Lipinski definition) is 6. The Kier molecular flexibility index (Phi) is 3.60. The van der Waals surface area contributed by atoms with Crippen LogP contribution >= 0.6 is 0 Å². The molecule has 0 saturated carbocycles. The van der Waals surface area contributed by atoms with E-state index >= 15 is 0 Å². The molecule has 0 aromatic heterocycles. The molecule has 27 heavy (non-hydrogen) atoms. The van der Waals surface area contributed by atoms with E-state index in [0.29, 0.717) is 0 Å². The van der Waals surface area contributed by atoms with Gasteiger partial charge >= 0.3 is 0 Å². The number of imide groups is 2. The van der Waals surface area contributed by atoms with E-state index in [1.165, 1.54) is 30.4 Å². The number of anilines is 3. The number of amides is 5. The third-order valence-electron chi connectivity index (χ3n) is 4.21. The molecule has 3 heterocycles. The summed E-state index contributed by atoms with van der Waals surface area (Å²) in [5.41, 5.74) is 0.230. The van der Waals surface area contributed by atoms with Crippen molar-refractivity contribution < 1.29 is 29.1 Å². The van der Waals surface area contributed by atoms with Crippen molar-refractivity contribution in [3.8, 4) is 0 Å². The maximum atomic E-state index is 12.1. The highest BCUT2D eigenvalue weighted by Gasteiger charge is 2.32. The predicted octanol–water partition coefficient (Wildman–Crippen LogP) is -0.233. The Bertz CT molecular complexity index is 926. The van der Waals surface area contributed by atoms with Gasteiger partial charge in [0.15, 0.2) is 6.23 Å². The van der Waals surface area contributed by atoms with E-state index in [2.05, 4.69) is 0 Å². The molecule has 4 rings (SSSR count). The lowest BCUT2D eigenvalue weighted by Crippen LogP contribution is -2.35. The highest BCUT2D eigenvalue weighted by Crippen LogP contribution is 2.34. The molecule has 3 aliphatic rings. The molecule has 9 heteroatoms. The van der Waals surface area contributed by atoms with Crippen molar-refractivity contribution >= 4 is 46.6 Å². The zero-order valence-electron chi connectivity index (χ0n) is 13.6. The minimum absolute atomic E-state index is 0.0573. The van der Waals surface area contributed by atoms with Gasteiger partial charge in [0.1, 0.15) is 0 Å². The van der Waals surface area contributed by atoms with Crippen LogP contribution in [-0.2, 0) is 24.0 Å². The lowest BCUT2D eigenvalue weighted by molar-refractivity contribution is -0.121. The second kappa shape index (κ2) is 5.85. The summed E-state index contributed by atoms with van der Waals surface area (Å²) in [6.07, 6.45) is 5.50. The van der Waals surface area contributed by atoms with Gasteiger partial charge in [-0.25, -0.2) is 9.80 Å². The lowest BCUT2D eigenvalue weighted by Gasteiger charge is -2.25. The van der Waals surface area contributed by atoms with Crippen LogP contribution in [0, 0.1) is 0 Å². The quantitative estimate of drug-likeness (QED) is 0.740. The van der Waals surface area contributed by atoms with E-state index < -0.39 is 35.8 Å². The van der Waals surface area contributed by atoms with E-state index in [4.69, 9.17) is 0 Å². The maximum Gasteiger partial charge on any atom is 0.258 e. The highest BCUT2D eigenvalue weighted by molar-refractivity contribution is 6.30. The first-order chi connectivity index (χ1) is 12.9. The first-order valence-electron chi connectivity index (χ1n) is 7.83. The molecule has 3 aliphatic heterocycles. The summed E-state index contributed by atoms with van der Waals surface area (Å²) in [6.45, 7) is 0. The summed E-state index contributed by atoms with van der Waals surface area (Å²) in [5.74, 6) is -2.95. The zero-order valence-corrected chi connectivity index (χ0v) is 13.6. The number of rotatable bonds is 3. The summed E-state index contributed by atoms with van der Waals surface area (Å²) in [4.78, 5) is 62.8. The summed E-state index contributed by atoms with van der Waals surface area (Å²) in [5, 5.41) is 10.0. The van der Waals surface area contributed by atoms with Crippen molar-refractivity contribution in [1.82, 2.24) is 0 Å². The first kappa shape index (κ1) is 16.6. The van der Waals surface area contributed by atoms with Gasteiger partial charge in [0.2, 0.25) is 0 Å². The fourth-order valence-electron chi connectivity index (χ4n) is 3.03. The Morgan fingerprint density at radius 3 is 1.37 bits per heavy atom. The molecule has 5 amide bonds. The Morgan fingerprint density at radius 1 is 0.593 bits per heavy atom. The van der Waals surface area contributed by atoms with Crippen LogP contribution in [0.5, 0.6) is 0 Å². The largest absolute Gasteiger partial charge is 0.369 e. The van der Waals surface area contributed by atoms with Gasteiger partial charge in [0.05, 0.1) is 17.1 Å². The second-order valence-electron chi connectivity index (χ2n) is 5.88. The number of carbonyl (C=O) groups excluding carboxylic acids is 5. The minimum atomic E-state index is -1.26. The molecule has 9 nitrogen and oxygen atoms in total. The third-order valence-corrected chi connectivity index (χ3v) is 4.21. The molecular weight excluding hydrogens is 354 g/mol. The van der Waals surface area contributed by atoms with E-state index in [9.17, 15) is 29.1 Å². The molecule has 134 valence electrons. The summed E-state index contributed by atoms with van der Waals surface area (Å²) >= 11 is 0. The molecule has 0 fully saturated rings. The normalized spacial score (nSPS) is 21.6.